The van der Waals surface area contributed by atoms with Crippen LogP contribution in [0.4, 0.5) is 14.5 Å². The maximum absolute atomic E-state index is 13.9. The van der Waals surface area contributed by atoms with Crippen molar-refractivity contribution in [1.82, 2.24) is 0 Å². The normalized spacial score (nSPS) is 20.6. The molecule has 0 fully saturated rings. The number of fused-ring (bicyclic) bond motifs is 1. The maximum Gasteiger partial charge on any atom is 0.167 e. The molecule has 3 rings (SSSR count). The average Bonchev–Trinajstić information content (AvgIpc) is 2.66. The molecule has 20 heavy (non-hydrogen) atoms. The fraction of sp³-hybridized carbons (Fsp3) is 0.200. The molecular formula is C15H12ClF2NO. The molecule has 1 atom stereocenters. The van der Waals surface area contributed by atoms with Gasteiger partial charge in [0, 0.05) is 29.3 Å². The highest BCUT2D eigenvalue weighted by Crippen LogP contribution is 2.45. The Labute approximate surface area is 120 Å². The van der Waals surface area contributed by atoms with E-state index in [0.29, 0.717) is 23.2 Å². The molecule has 5 heteroatoms. The number of hydrogen-bond donors (Lipinski definition) is 1. The zero-order valence-electron chi connectivity index (χ0n) is 10.7. The first kappa shape index (κ1) is 13.2. The van der Waals surface area contributed by atoms with E-state index in [1.54, 1.807) is 19.1 Å². The van der Waals surface area contributed by atoms with E-state index in [4.69, 9.17) is 22.1 Å². The minimum atomic E-state index is -0.832. The van der Waals surface area contributed by atoms with Crippen LogP contribution in [0.1, 0.15) is 18.1 Å². The Morgan fingerprint density at radius 2 is 2.00 bits per heavy atom. The molecule has 0 radical (unpaired) electrons. The standard InChI is InChI=1S/C15H12ClF2NO/c1-15(11-3-2-9(17)5-12(11)16)7-8-4-10(19)6-13(18)14(8)20-15/h2-6H,7,19H2,1H3. The van der Waals surface area contributed by atoms with Crippen molar-refractivity contribution in [2.75, 3.05) is 5.73 Å². The zero-order valence-corrected chi connectivity index (χ0v) is 11.5. The van der Waals surface area contributed by atoms with E-state index in [0.717, 1.165) is 0 Å². The summed E-state index contributed by atoms with van der Waals surface area (Å²) in [5, 5.41) is 0.258. The van der Waals surface area contributed by atoms with E-state index in [1.165, 1.54) is 18.2 Å². The van der Waals surface area contributed by atoms with E-state index in [9.17, 15) is 8.78 Å². The van der Waals surface area contributed by atoms with Crippen molar-refractivity contribution >= 4 is 17.3 Å². The molecular weight excluding hydrogens is 284 g/mol. The van der Waals surface area contributed by atoms with Gasteiger partial charge in [0.15, 0.2) is 11.6 Å². The fourth-order valence-electron chi connectivity index (χ4n) is 2.61. The van der Waals surface area contributed by atoms with Crippen molar-refractivity contribution in [2.24, 2.45) is 0 Å². The van der Waals surface area contributed by atoms with Crippen molar-refractivity contribution in [3.8, 4) is 5.75 Å². The second-order valence-corrected chi connectivity index (χ2v) is 5.53. The number of rotatable bonds is 1. The third kappa shape index (κ3) is 2.00. The lowest BCUT2D eigenvalue weighted by atomic mass is 9.91. The first-order chi connectivity index (χ1) is 9.39. The summed E-state index contributed by atoms with van der Waals surface area (Å²) in [7, 11) is 0. The summed E-state index contributed by atoms with van der Waals surface area (Å²) in [6, 6.07) is 6.99. The van der Waals surface area contributed by atoms with Crippen LogP contribution in [0.2, 0.25) is 5.02 Å². The third-order valence-corrected chi connectivity index (χ3v) is 3.81. The number of hydrogen-bond acceptors (Lipinski definition) is 2. The van der Waals surface area contributed by atoms with Gasteiger partial charge in [-0.3, -0.25) is 0 Å². The molecule has 104 valence electrons. The molecule has 0 aliphatic carbocycles. The maximum atomic E-state index is 13.9. The minimum Gasteiger partial charge on any atom is -0.479 e. The first-order valence-corrected chi connectivity index (χ1v) is 6.49. The number of nitrogens with two attached hydrogens (primary N) is 1. The summed E-state index contributed by atoms with van der Waals surface area (Å²) in [5.41, 5.74) is 6.46. The van der Waals surface area contributed by atoms with Crippen LogP contribution in [-0.2, 0) is 12.0 Å². The Morgan fingerprint density at radius 3 is 2.70 bits per heavy atom. The van der Waals surface area contributed by atoms with Gasteiger partial charge in [-0.1, -0.05) is 17.7 Å². The zero-order chi connectivity index (χ0) is 14.5. The predicted molar refractivity (Wildman–Crippen MR) is 73.9 cm³/mol. The van der Waals surface area contributed by atoms with Crippen LogP contribution in [0, 0.1) is 11.6 Å². The summed E-state index contributed by atoms with van der Waals surface area (Å²) >= 11 is 6.07. The van der Waals surface area contributed by atoms with E-state index in [-0.39, 0.29) is 10.8 Å². The number of nitrogen functional groups attached to an aromatic ring is 1. The van der Waals surface area contributed by atoms with Crippen molar-refractivity contribution < 1.29 is 13.5 Å². The van der Waals surface area contributed by atoms with E-state index < -0.39 is 17.2 Å². The van der Waals surface area contributed by atoms with Gasteiger partial charge >= 0.3 is 0 Å². The Morgan fingerprint density at radius 1 is 1.25 bits per heavy atom. The van der Waals surface area contributed by atoms with Gasteiger partial charge in [-0.25, -0.2) is 8.78 Å². The third-order valence-electron chi connectivity index (χ3n) is 3.50. The summed E-state index contributed by atoms with van der Waals surface area (Å²) in [4.78, 5) is 0. The quantitative estimate of drug-likeness (QED) is 0.806. The summed E-state index contributed by atoms with van der Waals surface area (Å²) in [6.07, 6.45) is 0.426. The van der Waals surface area contributed by atoms with Crippen molar-refractivity contribution in [3.05, 3.63) is 58.1 Å². The number of anilines is 1. The summed E-state index contributed by atoms with van der Waals surface area (Å²) in [6.45, 7) is 1.79. The van der Waals surface area contributed by atoms with E-state index in [1.807, 2.05) is 0 Å². The van der Waals surface area contributed by atoms with Crippen LogP contribution in [0.5, 0.6) is 5.75 Å². The summed E-state index contributed by atoms with van der Waals surface area (Å²) < 4.78 is 32.8. The molecule has 2 nitrogen and oxygen atoms in total. The van der Waals surface area contributed by atoms with Crippen LogP contribution >= 0.6 is 11.6 Å². The summed E-state index contributed by atoms with van der Waals surface area (Å²) in [5.74, 6) is -0.739. The second kappa shape index (κ2) is 4.35. The lowest BCUT2D eigenvalue weighted by Gasteiger charge is -2.25. The van der Waals surface area contributed by atoms with Gasteiger partial charge in [0.05, 0.1) is 5.02 Å². The van der Waals surface area contributed by atoms with Gasteiger partial charge in [-0.05, 0) is 25.1 Å². The van der Waals surface area contributed by atoms with Gasteiger partial charge in [0.1, 0.15) is 11.4 Å². The van der Waals surface area contributed by atoms with Gasteiger partial charge in [-0.2, -0.15) is 0 Å². The lowest BCUT2D eigenvalue weighted by Crippen LogP contribution is -2.27. The molecule has 2 aromatic carbocycles. The van der Waals surface area contributed by atoms with Gasteiger partial charge in [0.25, 0.3) is 0 Å². The Bertz CT molecular complexity index is 705. The number of ether oxygens (including phenoxy) is 1. The number of benzene rings is 2. The molecule has 2 aromatic rings. The molecule has 1 aliphatic rings. The van der Waals surface area contributed by atoms with Gasteiger partial charge < -0.3 is 10.5 Å². The van der Waals surface area contributed by atoms with Crippen LogP contribution < -0.4 is 10.5 Å². The average molecular weight is 296 g/mol. The minimum absolute atomic E-state index is 0.182. The van der Waals surface area contributed by atoms with Crippen LogP contribution in [-0.4, -0.2) is 0 Å². The SMILES string of the molecule is CC1(c2ccc(F)cc2Cl)Cc2cc(N)cc(F)c2O1. The molecule has 0 spiro atoms. The molecule has 0 bridgehead atoms. The van der Waals surface area contributed by atoms with Crippen molar-refractivity contribution in [3.63, 3.8) is 0 Å². The molecule has 1 aliphatic heterocycles. The monoisotopic (exact) mass is 295 g/mol. The molecule has 1 heterocycles. The highest BCUT2D eigenvalue weighted by Gasteiger charge is 2.39. The number of halogens is 3. The highest BCUT2D eigenvalue weighted by molar-refractivity contribution is 6.31. The predicted octanol–water partition coefficient (Wildman–Crippen LogP) is 4.05. The van der Waals surface area contributed by atoms with Gasteiger partial charge in [-0.15, -0.1) is 0 Å². The van der Waals surface area contributed by atoms with Gasteiger partial charge in [0.2, 0.25) is 0 Å². The topological polar surface area (TPSA) is 35.2 Å². The second-order valence-electron chi connectivity index (χ2n) is 5.12. The van der Waals surface area contributed by atoms with Crippen LogP contribution in [0.25, 0.3) is 0 Å². The lowest BCUT2D eigenvalue weighted by molar-refractivity contribution is 0.111. The first-order valence-electron chi connectivity index (χ1n) is 6.11. The molecule has 2 N–H and O–H groups in total. The van der Waals surface area contributed by atoms with Crippen LogP contribution in [0.15, 0.2) is 30.3 Å². The molecule has 0 amide bonds. The molecule has 0 saturated heterocycles. The Balaban J connectivity index is 2.07. The smallest absolute Gasteiger partial charge is 0.167 e. The van der Waals surface area contributed by atoms with Crippen molar-refractivity contribution in [2.45, 2.75) is 18.9 Å². The molecule has 1 unspecified atom stereocenters. The highest BCUT2D eigenvalue weighted by atomic mass is 35.5. The molecule has 0 saturated carbocycles. The van der Waals surface area contributed by atoms with E-state index in [2.05, 4.69) is 0 Å². The Hall–Kier alpha value is -1.81. The largest absolute Gasteiger partial charge is 0.479 e. The van der Waals surface area contributed by atoms with Crippen LogP contribution in [0.3, 0.4) is 0 Å². The van der Waals surface area contributed by atoms with Crippen molar-refractivity contribution in [1.29, 1.82) is 0 Å². The fourth-order valence-corrected chi connectivity index (χ4v) is 2.98. The Kier molecular flexibility index (Phi) is 2.87. The van der Waals surface area contributed by atoms with E-state index >= 15 is 0 Å². The molecule has 0 aromatic heterocycles.